The van der Waals surface area contributed by atoms with Crippen LogP contribution in [0.2, 0.25) is 0 Å². The Bertz CT molecular complexity index is 824. The highest BCUT2D eigenvalue weighted by Crippen LogP contribution is 2.28. The number of amides is 1. The molecule has 0 saturated carbocycles. The Labute approximate surface area is 153 Å². The van der Waals surface area contributed by atoms with Crippen molar-refractivity contribution in [3.8, 4) is 5.75 Å². The minimum atomic E-state index is -1.07. The van der Waals surface area contributed by atoms with Gasteiger partial charge in [-0.05, 0) is 49.1 Å². The van der Waals surface area contributed by atoms with Crippen LogP contribution in [0.5, 0.6) is 5.75 Å². The van der Waals surface area contributed by atoms with Crippen molar-refractivity contribution in [3.05, 3.63) is 64.2 Å². The lowest BCUT2D eigenvalue weighted by atomic mass is 10.0. The van der Waals surface area contributed by atoms with Crippen LogP contribution >= 0.6 is 0 Å². The molecule has 26 heavy (non-hydrogen) atoms. The first-order valence-electron chi connectivity index (χ1n) is 8.77. The molecule has 2 aromatic carbocycles. The summed E-state index contributed by atoms with van der Waals surface area (Å²) < 4.78 is 5.45. The van der Waals surface area contributed by atoms with E-state index in [4.69, 9.17) is 4.74 Å². The van der Waals surface area contributed by atoms with E-state index in [2.05, 4.69) is 23.5 Å². The Balaban J connectivity index is 1.66. The van der Waals surface area contributed by atoms with Gasteiger partial charge in [0.15, 0.2) is 6.04 Å². The van der Waals surface area contributed by atoms with Crippen LogP contribution < -0.4 is 10.1 Å². The van der Waals surface area contributed by atoms with Gasteiger partial charge in [-0.3, -0.25) is 4.79 Å². The number of carboxylic acids is 1. The van der Waals surface area contributed by atoms with E-state index >= 15 is 0 Å². The van der Waals surface area contributed by atoms with E-state index in [0.717, 1.165) is 34.4 Å². The molecule has 2 aromatic rings. The first-order chi connectivity index (χ1) is 12.4. The minimum Gasteiger partial charge on any atom is -0.493 e. The largest absolute Gasteiger partial charge is 0.493 e. The van der Waals surface area contributed by atoms with Crippen molar-refractivity contribution in [2.75, 3.05) is 6.61 Å². The van der Waals surface area contributed by atoms with Gasteiger partial charge in [-0.25, -0.2) is 4.79 Å². The van der Waals surface area contributed by atoms with Crippen molar-refractivity contribution in [1.82, 2.24) is 5.32 Å². The SMILES string of the molecule is Cc1cc(C)cc(CCC(=O)NC(C(=O)O)c2ccc3c(c2)CCO3)c1. The number of hydrogen-bond donors (Lipinski definition) is 2. The second kappa shape index (κ2) is 7.60. The van der Waals surface area contributed by atoms with Crippen LogP contribution in [0.15, 0.2) is 36.4 Å². The van der Waals surface area contributed by atoms with Crippen LogP contribution in [0.3, 0.4) is 0 Å². The summed E-state index contributed by atoms with van der Waals surface area (Å²) in [6.07, 6.45) is 1.59. The van der Waals surface area contributed by atoms with Gasteiger partial charge in [0.1, 0.15) is 5.75 Å². The van der Waals surface area contributed by atoms with Crippen LogP contribution in [-0.2, 0) is 22.4 Å². The first kappa shape index (κ1) is 18.0. The second-order valence-electron chi connectivity index (χ2n) is 6.80. The Hall–Kier alpha value is -2.82. The molecule has 1 unspecified atom stereocenters. The summed E-state index contributed by atoms with van der Waals surface area (Å²) in [6.45, 7) is 4.65. The van der Waals surface area contributed by atoms with Crippen molar-refractivity contribution >= 4 is 11.9 Å². The fourth-order valence-corrected chi connectivity index (χ4v) is 3.38. The average molecular weight is 353 g/mol. The van der Waals surface area contributed by atoms with Gasteiger partial charge in [0.2, 0.25) is 5.91 Å². The lowest BCUT2D eigenvalue weighted by Crippen LogP contribution is -2.33. The van der Waals surface area contributed by atoms with Crippen LogP contribution in [0, 0.1) is 13.8 Å². The first-order valence-corrected chi connectivity index (χ1v) is 8.77. The van der Waals surface area contributed by atoms with E-state index in [1.165, 1.54) is 0 Å². The standard InChI is InChI=1S/C21H23NO4/c1-13-9-14(2)11-15(10-13)3-6-19(23)22-20(21(24)25)17-4-5-18-16(12-17)7-8-26-18/h4-5,9-12,20H,3,6-8H2,1-2H3,(H,22,23)(H,24,25). The third-order valence-corrected chi connectivity index (χ3v) is 4.52. The van der Waals surface area contributed by atoms with Gasteiger partial charge in [-0.15, -0.1) is 0 Å². The zero-order chi connectivity index (χ0) is 18.7. The van der Waals surface area contributed by atoms with Gasteiger partial charge < -0.3 is 15.2 Å². The summed E-state index contributed by atoms with van der Waals surface area (Å²) >= 11 is 0. The summed E-state index contributed by atoms with van der Waals surface area (Å²) in [4.78, 5) is 24.0. The summed E-state index contributed by atoms with van der Waals surface area (Å²) in [7, 11) is 0. The van der Waals surface area contributed by atoms with Gasteiger partial charge in [0.05, 0.1) is 6.61 Å². The van der Waals surface area contributed by atoms with Gasteiger partial charge in [0, 0.05) is 12.8 Å². The molecule has 1 heterocycles. The van der Waals surface area contributed by atoms with Gasteiger partial charge >= 0.3 is 5.97 Å². The highest BCUT2D eigenvalue weighted by molar-refractivity contribution is 5.84. The van der Waals surface area contributed by atoms with E-state index in [9.17, 15) is 14.7 Å². The number of carbonyl (C=O) groups is 2. The Morgan fingerprint density at radius 1 is 1.15 bits per heavy atom. The Morgan fingerprint density at radius 2 is 1.88 bits per heavy atom. The van der Waals surface area contributed by atoms with Crippen LogP contribution in [0.4, 0.5) is 0 Å². The number of benzene rings is 2. The monoisotopic (exact) mass is 353 g/mol. The van der Waals surface area contributed by atoms with Crippen molar-refractivity contribution in [3.63, 3.8) is 0 Å². The van der Waals surface area contributed by atoms with Crippen molar-refractivity contribution in [1.29, 1.82) is 0 Å². The third-order valence-electron chi connectivity index (χ3n) is 4.52. The number of nitrogens with one attached hydrogen (secondary N) is 1. The van der Waals surface area contributed by atoms with E-state index in [1.54, 1.807) is 12.1 Å². The molecule has 136 valence electrons. The van der Waals surface area contributed by atoms with E-state index < -0.39 is 12.0 Å². The minimum absolute atomic E-state index is 0.251. The van der Waals surface area contributed by atoms with Crippen LogP contribution in [0.25, 0.3) is 0 Å². The molecule has 0 aromatic heterocycles. The van der Waals surface area contributed by atoms with Crippen molar-refractivity contribution in [2.45, 2.75) is 39.2 Å². The second-order valence-corrected chi connectivity index (χ2v) is 6.80. The molecule has 3 rings (SSSR count). The quantitative estimate of drug-likeness (QED) is 0.837. The molecule has 1 aliphatic rings. The van der Waals surface area contributed by atoms with E-state index in [0.29, 0.717) is 18.6 Å². The normalized spacial score (nSPS) is 13.6. The third kappa shape index (κ3) is 4.23. The predicted octanol–water partition coefficient (Wildman–Crippen LogP) is 3.11. The number of fused-ring (bicyclic) bond motifs is 1. The number of carboxylic acid groups (broad SMARTS) is 1. The molecular weight excluding hydrogens is 330 g/mol. The number of hydrogen-bond acceptors (Lipinski definition) is 3. The topological polar surface area (TPSA) is 75.6 Å². The number of ether oxygens (including phenoxy) is 1. The van der Waals surface area contributed by atoms with Gasteiger partial charge in [0.25, 0.3) is 0 Å². The molecule has 0 spiro atoms. The van der Waals surface area contributed by atoms with E-state index in [1.807, 2.05) is 19.9 Å². The smallest absolute Gasteiger partial charge is 0.330 e. The number of aryl methyl sites for hydroxylation is 3. The maximum atomic E-state index is 12.3. The van der Waals surface area contributed by atoms with Gasteiger partial charge in [-0.2, -0.15) is 0 Å². The van der Waals surface area contributed by atoms with Crippen LogP contribution in [0.1, 0.15) is 40.3 Å². The lowest BCUT2D eigenvalue weighted by Gasteiger charge is -2.16. The molecule has 0 aliphatic carbocycles. The number of rotatable bonds is 6. The highest BCUT2D eigenvalue weighted by atomic mass is 16.5. The number of aliphatic carboxylic acids is 1. The molecule has 1 amide bonds. The van der Waals surface area contributed by atoms with E-state index in [-0.39, 0.29) is 12.3 Å². The molecule has 0 radical (unpaired) electrons. The summed E-state index contributed by atoms with van der Waals surface area (Å²) in [5.74, 6) is -0.545. The van der Waals surface area contributed by atoms with Crippen LogP contribution in [-0.4, -0.2) is 23.6 Å². The highest BCUT2D eigenvalue weighted by Gasteiger charge is 2.24. The Kier molecular flexibility index (Phi) is 5.26. The van der Waals surface area contributed by atoms with Gasteiger partial charge in [-0.1, -0.05) is 35.4 Å². The summed E-state index contributed by atoms with van der Waals surface area (Å²) in [5, 5.41) is 12.2. The fraction of sp³-hybridized carbons (Fsp3) is 0.333. The maximum absolute atomic E-state index is 12.3. The zero-order valence-electron chi connectivity index (χ0n) is 15.0. The lowest BCUT2D eigenvalue weighted by molar-refractivity contribution is -0.142. The zero-order valence-corrected chi connectivity index (χ0v) is 15.0. The molecule has 2 N–H and O–H groups in total. The average Bonchev–Trinajstić information content (AvgIpc) is 3.04. The molecule has 1 aliphatic heterocycles. The maximum Gasteiger partial charge on any atom is 0.330 e. The molecule has 0 fully saturated rings. The number of carbonyl (C=O) groups excluding carboxylic acids is 1. The molecule has 5 nitrogen and oxygen atoms in total. The molecule has 5 heteroatoms. The van der Waals surface area contributed by atoms with Crippen molar-refractivity contribution in [2.24, 2.45) is 0 Å². The summed E-state index contributed by atoms with van der Waals surface area (Å²) in [5.41, 5.74) is 4.95. The molecule has 0 saturated heterocycles. The molecule has 0 bridgehead atoms. The van der Waals surface area contributed by atoms with Crippen molar-refractivity contribution < 1.29 is 19.4 Å². The summed E-state index contributed by atoms with van der Waals surface area (Å²) in [6, 6.07) is 10.4. The Morgan fingerprint density at radius 3 is 2.58 bits per heavy atom. The molecular formula is C21H23NO4. The predicted molar refractivity (Wildman–Crippen MR) is 98.4 cm³/mol. The fourth-order valence-electron chi connectivity index (χ4n) is 3.38. The molecule has 1 atom stereocenters.